The standard InChI is InChI=1S/C21H30N4O3S/c1-3-7-18-8-10-19(11-9-18)29(26,27)22-12-15-28-21-16-20(23-17(2)24-21)25-13-5-4-6-14-25/h8-11,16,22H,3-7,12-15H2,1-2H3. The minimum Gasteiger partial charge on any atom is -0.476 e. The van der Waals surface area contributed by atoms with Crippen molar-refractivity contribution in [1.29, 1.82) is 0 Å². The number of hydrogen-bond acceptors (Lipinski definition) is 6. The molecule has 0 radical (unpaired) electrons. The summed E-state index contributed by atoms with van der Waals surface area (Å²) in [7, 11) is -3.55. The third-order valence-corrected chi connectivity index (χ3v) is 6.37. The Morgan fingerprint density at radius 1 is 1.10 bits per heavy atom. The van der Waals surface area contributed by atoms with Crippen molar-refractivity contribution in [2.45, 2.75) is 50.8 Å². The van der Waals surface area contributed by atoms with Gasteiger partial charge in [-0.2, -0.15) is 4.98 Å². The quantitative estimate of drug-likeness (QED) is 0.630. The molecule has 1 saturated heterocycles. The van der Waals surface area contributed by atoms with Gasteiger partial charge in [0, 0.05) is 25.7 Å². The smallest absolute Gasteiger partial charge is 0.240 e. The predicted molar refractivity (Wildman–Crippen MR) is 114 cm³/mol. The van der Waals surface area contributed by atoms with E-state index < -0.39 is 10.0 Å². The maximum Gasteiger partial charge on any atom is 0.240 e. The molecule has 1 aromatic heterocycles. The largest absolute Gasteiger partial charge is 0.476 e. The molecule has 8 heteroatoms. The van der Waals surface area contributed by atoms with E-state index in [2.05, 4.69) is 26.5 Å². The monoisotopic (exact) mass is 418 g/mol. The van der Waals surface area contributed by atoms with E-state index in [1.165, 1.54) is 19.3 Å². The fourth-order valence-electron chi connectivity index (χ4n) is 3.42. The predicted octanol–water partition coefficient (Wildman–Crippen LogP) is 3.09. The van der Waals surface area contributed by atoms with Gasteiger partial charge in [-0.15, -0.1) is 0 Å². The van der Waals surface area contributed by atoms with Crippen LogP contribution in [0.5, 0.6) is 5.88 Å². The molecule has 0 bridgehead atoms. The minimum atomic E-state index is -3.55. The lowest BCUT2D eigenvalue weighted by atomic mass is 10.1. The van der Waals surface area contributed by atoms with Crippen LogP contribution in [0.3, 0.4) is 0 Å². The first-order valence-corrected chi connectivity index (χ1v) is 11.8. The SMILES string of the molecule is CCCc1ccc(S(=O)(=O)NCCOc2cc(N3CCCCC3)nc(C)n2)cc1. The zero-order chi connectivity index (χ0) is 20.7. The molecule has 1 aromatic carbocycles. The van der Waals surface area contributed by atoms with E-state index in [1.807, 2.05) is 25.1 Å². The normalized spacial score (nSPS) is 14.8. The Bertz CT molecular complexity index is 895. The average molecular weight is 419 g/mol. The third-order valence-electron chi connectivity index (χ3n) is 4.90. The Morgan fingerprint density at radius 3 is 2.52 bits per heavy atom. The Balaban J connectivity index is 1.53. The summed E-state index contributed by atoms with van der Waals surface area (Å²) in [5, 5.41) is 0. The second-order valence-corrected chi connectivity index (χ2v) is 9.07. The number of piperidine rings is 1. The third kappa shape index (κ3) is 6.14. The van der Waals surface area contributed by atoms with Crippen LogP contribution in [0, 0.1) is 6.92 Å². The van der Waals surface area contributed by atoms with Crippen LogP contribution in [-0.2, 0) is 16.4 Å². The molecule has 1 N–H and O–H groups in total. The molecule has 2 aromatic rings. The van der Waals surface area contributed by atoms with Crippen LogP contribution in [0.2, 0.25) is 0 Å². The number of aryl methyl sites for hydroxylation is 2. The Hall–Kier alpha value is -2.19. The molecular weight excluding hydrogens is 388 g/mol. The number of nitrogens with one attached hydrogen (secondary N) is 1. The highest BCUT2D eigenvalue weighted by Crippen LogP contribution is 2.21. The fourth-order valence-corrected chi connectivity index (χ4v) is 4.44. The summed E-state index contributed by atoms with van der Waals surface area (Å²) in [4.78, 5) is 11.3. The topological polar surface area (TPSA) is 84.4 Å². The molecule has 0 aliphatic carbocycles. The van der Waals surface area contributed by atoms with Crippen molar-refractivity contribution in [3.05, 3.63) is 41.7 Å². The zero-order valence-corrected chi connectivity index (χ0v) is 18.0. The van der Waals surface area contributed by atoms with Crippen molar-refractivity contribution in [3.63, 3.8) is 0 Å². The van der Waals surface area contributed by atoms with Crippen molar-refractivity contribution in [3.8, 4) is 5.88 Å². The van der Waals surface area contributed by atoms with Crippen LogP contribution in [0.15, 0.2) is 35.2 Å². The Morgan fingerprint density at radius 2 is 1.83 bits per heavy atom. The second kappa shape index (κ2) is 10.0. The van der Waals surface area contributed by atoms with E-state index >= 15 is 0 Å². The molecule has 0 atom stereocenters. The molecule has 1 aliphatic heterocycles. The van der Waals surface area contributed by atoms with Crippen LogP contribution >= 0.6 is 0 Å². The van der Waals surface area contributed by atoms with Gasteiger partial charge in [-0.3, -0.25) is 0 Å². The van der Waals surface area contributed by atoms with Crippen LogP contribution in [0.4, 0.5) is 5.82 Å². The number of hydrogen-bond donors (Lipinski definition) is 1. The minimum absolute atomic E-state index is 0.168. The number of aromatic nitrogens is 2. The fraction of sp³-hybridized carbons (Fsp3) is 0.524. The molecule has 158 valence electrons. The summed E-state index contributed by atoms with van der Waals surface area (Å²) < 4.78 is 33.1. The van der Waals surface area contributed by atoms with Crippen molar-refractivity contribution >= 4 is 15.8 Å². The molecule has 2 heterocycles. The highest BCUT2D eigenvalue weighted by molar-refractivity contribution is 7.89. The number of ether oxygens (including phenoxy) is 1. The van der Waals surface area contributed by atoms with Crippen LogP contribution in [-0.4, -0.2) is 44.6 Å². The number of benzene rings is 1. The average Bonchev–Trinajstić information content (AvgIpc) is 2.72. The summed E-state index contributed by atoms with van der Waals surface area (Å²) in [5.74, 6) is 2.00. The molecule has 3 rings (SSSR count). The van der Waals surface area contributed by atoms with Gasteiger partial charge in [-0.1, -0.05) is 25.5 Å². The van der Waals surface area contributed by atoms with Gasteiger partial charge in [0.15, 0.2) is 0 Å². The van der Waals surface area contributed by atoms with Gasteiger partial charge in [0.25, 0.3) is 0 Å². The van der Waals surface area contributed by atoms with Gasteiger partial charge in [0.05, 0.1) is 4.90 Å². The number of nitrogens with zero attached hydrogens (tertiary/aromatic N) is 3. The molecule has 7 nitrogen and oxygen atoms in total. The van der Waals surface area contributed by atoms with E-state index in [9.17, 15) is 8.42 Å². The number of anilines is 1. The summed E-state index contributed by atoms with van der Waals surface area (Å²) in [6.07, 6.45) is 5.56. The lowest BCUT2D eigenvalue weighted by Crippen LogP contribution is -2.30. The van der Waals surface area contributed by atoms with E-state index in [-0.39, 0.29) is 18.0 Å². The van der Waals surface area contributed by atoms with E-state index in [4.69, 9.17) is 4.74 Å². The summed E-state index contributed by atoms with van der Waals surface area (Å²) in [6.45, 7) is 6.29. The van der Waals surface area contributed by atoms with Gasteiger partial charge in [-0.25, -0.2) is 18.1 Å². The summed E-state index contributed by atoms with van der Waals surface area (Å²) in [5.41, 5.74) is 1.14. The van der Waals surface area contributed by atoms with E-state index in [0.717, 1.165) is 37.3 Å². The maximum absolute atomic E-state index is 12.4. The first kappa shape index (κ1) is 21.5. The Labute approximate surface area is 173 Å². The van der Waals surface area contributed by atoms with Gasteiger partial charge in [0.1, 0.15) is 18.2 Å². The first-order chi connectivity index (χ1) is 14.0. The van der Waals surface area contributed by atoms with Crippen LogP contribution in [0.25, 0.3) is 0 Å². The lowest BCUT2D eigenvalue weighted by Gasteiger charge is -2.28. The molecule has 0 saturated carbocycles. The zero-order valence-electron chi connectivity index (χ0n) is 17.2. The van der Waals surface area contributed by atoms with Gasteiger partial charge in [-0.05, 0) is 50.3 Å². The highest BCUT2D eigenvalue weighted by atomic mass is 32.2. The molecular formula is C21H30N4O3S. The van der Waals surface area contributed by atoms with E-state index in [0.29, 0.717) is 11.7 Å². The number of sulfonamides is 1. The van der Waals surface area contributed by atoms with Gasteiger partial charge < -0.3 is 9.64 Å². The van der Waals surface area contributed by atoms with Crippen molar-refractivity contribution in [1.82, 2.24) is 14.7 Å². The molecule has 0 spiro atoms. The summed E-state index contributed by atoms with van der Waals surface area (Å²) in [6, 6.07) is 8.85. The first-order valence-electron chi connectivity index (χ1n) is 10.3. The van der Waals surface area contributed by atoms with Crippen LogP contribution in [0.1, 0.15) is 44.0 Å². The molecule has 29 heavy (non-hydrogen) atoms. The van der Waals surface area contributed by atoms with Crippen molar-refractivity contribution < 1.29 is 13.2 Å². The maximum atomic E-state index is 12.4. The molecule has 0 amide bonds. The lowest BCUT2D eigenvalue weighted by molar-refractivity contribution is 0.309. The Kier molecular flexibility index (Phi) is 7.44. The second-order valence-electron chi connectivity index (χ2n) is 7.30. The van der Waals surface area contributed by atoms with E-state index in [1.54, 1.807) is 12.1 Å². The highest BCUT2D eigenvalue weighted by Gasteiger charge is 2.15. The molecule has 1 aliphatic rings. The van der Waals surface area contributed by atoms with Crippen molar-refractivity contribution in [2.24, 2.45) is 0 Å². The van der Waals surface area contributed by atoms with Gasteiger partial charge >= 0.3 is 0 Å². The molecule has 1 fully saturated rings. The van der Waals surface area contributed by atoms with Crippen LogP contribution < -0.4 is 14.4 Å². The number of rotatable bonds is 9. The van der Waals surface area contributed by atoms with Gasteiger partial charge in [0.2, 0.25) is 15.9 Å². The summed E-state index contributed by atoms with van der Waals surface area (Å²) >= 11 is 0. The molecule has 0 unspecified atom stereocenters. The van der Waals surface area contributed by atoms with Crippen molar-refractivity contribution in [2.75, 3.05) is 31.1 Å².